The van der Waals surface area contributed by atoms with Crippen LogP contribution in [0.2, 0.25) is 0 Å². The summed E-state index contributed by atoms with van der Waals surface area (Å²) in [7, 11) is 0. The summed E-state index contributed by atoms with van der Waals surface area (Å²) in [6, 6.07) is 1.74. The number of anilines is 1. The van der Waals surface area contributed by atoms with Crippen molar-refractivity contribution < 1.29 is 37.2 Å². The predicted molar refractivity (Wildman–Crippen MR) is 111 cm³/mol. The molecule has 2 atom stereocenters. The topological polar surface area (TPSA) is 128 Å². The van der Waals surface area contributed by atoms with E-state index >= 15 is 0 Å². The molecule has 0 aromatic heterocycles. The zero-order chi connectivity index (χ0) is 24.9. The first kappa shape index (κ1) is 24.0. The Hall–Kier alpha value is -3.18. The molecule has 0 saturated heterocycles. The summed E-state index contributed by atoms with van der Waals surface area (Å²) in [5.74, 6) is -1.09. The van der Waals surface area contributed by atoms with Crippen molar-refractivity contribution in [3.8, 4) is 0 Å². The van der Waals surface area contributed by atoms with E-state index in [1.165, 1.54) is 6.92 Å². The van der Waals surface area contributed by atoms with E-state index in [0.29, 0.717) is 31.4 Å². The van der Waals surface area contributed by atoms with Crippen molar-refractivity contribution >= 4 is 29.2 Å². The number of carbonyl (C=O) groups excluding carboxylic acids is 3. The first-order valence-electron chi connectivity index (χ1n) is 10.9. The number of hydrogen-bond donors (Lipinski definition) is 2. The maximum Gasteiger partial charge on any atom is 0.416 e. The van der Waals surface area contributed by atoms with Crippen molar-refractivity contribution in [2.45, 2.75) is 57.2 Å². The average Bonchev–Trinajstić information content (AvgIpc) is 2.69. The molecule has 4 fully saturated rings. The molecular formula is C22H24F3N3O6. The second-order valence-electron chi connectivity index (χ2n) is 9.81. The Morgan fingerprint density at radius 2 is 1.82 bits per heavy atom. The monoisotopic (exact) mass is 483 g/mol. The van der Waals surface area contributed by atoms with Gasteiger partial charge in [0.05, 0.1) is 15.9 Å². The van der Waals surface area contributed by atoms with Crippen LogP contribution in [0.15, 0.2) is 18.2 Å². The second kappa shape index (κ2) is 8.24. The summed E-state index contributed by atoms with van der Waals surface area (Å²) in [5, 5.41) is 16.4. The fourth-order valence-corrected chi connectivity index (χ4v) is 6.46. The van der Waals surface area contributed by atoms with E-state index in [1.807, 2.05) is 0 Å². The van der Waals surface area contributed by atoms with Crippen molar-refractivity contribution in [2.75, 3.05) is 11.9 Å². The van der Waals surface area contributed by atoms with Gasteiger partial charge in [-0.25, -0.2) is 0 Å². The van der Waals surface area contributed by atoms with Crippen molar-refractivity contribution in [3.05, 3.63) is 33.9 Å². The number of nitrogens with zero attached hydrogens (tertiary/aromatic N) is 1. The van der Waals surface area contributed by atoms with E-state index in [-0.39, 0.29) is 17.7 Å². The molecule has 1 aromatic rings. The van der Waals surface area contributed by atoms with Gasteiger partial charge in [0.2, 0.25) is 5.91 Å². The molecule has 4 bridgehead atoms. The fraction of sp³-hybridized carbons (Fsp3) is 0.591. The Labute approximate surface area is 192 Å². The number of carbonyl (C=O) groups is 3. The molecule has 1 aromatic carbocycles. The maximum atomic E-state index is 13.1. The minimum atomic E-state index is -4.78. The maximum absolute atomic E-state index is 13.1. The highest BCUT2D eigenvalue weighted by Gasteiger charge is 2.61. The van der Waals surface area contributed by atoms with E-state index in [0.717, 1.165) is 25.3 Å². The van der Waals surface area contributed by atoms with Gasteiger partial charge < -0.3 is 15.4 Å². The Morgan fingerprint density at radius 3 is 2.38 bits per heavy atom. The van der Waals surface area contributed by atoms with E-state index < -0.39 is 57.5 Å². The second-order valence-corrected chi connectivity index (χ2v) is 9.81. The van der Waals surface area contributed by atoms with Crippen molar-refractivity contribution in [3.63, 3.8) is 0 Å². The normalized spacial score (nSPS) is 29.4. The summed E-state index contributed by atoms with van der Waals surface area (Å²) in [6.07, 6.45) is -0.557. The van der Waals surface area contributed by atoms with Crippen LogP contribution in [0.4, 0.5) is 24.5 Å². The molecule has 2 N–H and O–H groups in total. The number of amides is 2. The number of nitrogens with one attached hydrogen (secondary N) is 2. The Balaban J connectivity index is 1.42. The fourth-order valence-electron chi connectivity index (χ4n) is 6.46. The molecule has 4 aliphatic carbocycles. The molecule has 0 spiro atoms. The molecule has 9 nitrogen and oxygen atoms in total. The minimum Gasteiger partial charge on any atom is -0.455 e. The van der Waals surface area contributed by atoms with Crippen LogP contribution >= 0.6 is 0 Å². The number of rotatable bonds is 6. The van der Waals surface area contributed by atoms with Crippen LogP contribution in [0, 0.1) is 27.4 Å². The van der Waals surface area contributed by atoms with Crippen molar-refractivity contribution in [1.82, 2.24) is 5.32 Å². The molecule has 0 unspecified atom stereocenters. The number of hydrogen-bond acceptors (Lipinski definition) is 6. The van der Waals surface area contributed by atoms with Crippen LogP contribution in [0.3, 0.4) is 0 Å². The highest BCUT2D eigenvalue weighted by molar-refractivity contribution is 5.95. The van der Waals surface area contributed by atoms with Crippen molar-refractivity contribution in [1.29, 1.82) is 0 Å². The van der Waals surface area contributed by atoms with Crippen LogP contribution in [0.1, 0.15) is 51.0 Å². The van der Waals surface area contributed by atoms with E-state index in [9.17, 15) is 37.7 Å². The summed E-state index contributed by atoms with van der Waals surface area (Å²) in [6.45, 7) is 0.704. The molecule has 0 heterocycles. The lowest BCUT2D eigenvalue weighted by Gasteiger charge is -2.60. The quantitative estimate of drug-likeness (QED) is 0.362. The van der Waals surface area contributed by atoms with Gasteiger partial charge >= 0.3 is 12.1 Å². The Kier molecular flexibility index (Phi) is 5.81. The third-order valence-electron chi connectivity index (χ3n) is 7.07. The van der Waals surface area contributed by atoms with Gasteiger partial charge in [0.1, 0.15) is 5.69 Å². The van der Waals surface area contributed by atoms with Gasteiger partial charge in [0, 0.05) is 18.5 Å². The number of nitro benzene ring substituents is 1. The Morgan fingerprint density at radius 1 is 1.18 bits per heavy atom. The van der Waals surface area contributed by atoms with Gasteiger partial charge in [-0.15, -0.1) is 0 Å². The summed E-state index contributed by atoms with van der Waals surface area (Å²) < 4.78 is 43.8. The number of ether oxygens (including phenoxy) is 1. The lowest BCUT2D eigenvalue weighted by molar-refractivity contribution is -0.384. The molecule has 5 rings (SSSR count). The smallest absolute Gasteiger partial charge is 0.416 e. The highest BCUT2D eigenvalue weighted by Crippen LogP contribution is 2.62. The number of esters is 1. The lowest BCUT2D eigenvalue weighted by Crippen LogP contribution is -2.64. The van der Waals surface area contributed by atoms with Gasteiger partial charge in [0.15, 0.2) is 6.61 Å². The first-order chi connectivity index (χ1) is 15.8. The first-order valence-corrected chi connectivity index (χ1v) is 10.9. The van der Waals surface area contributed by atoms with Crippen LogP contribution in [-0.4, -0.2) is 34.9 Å². The van der Waals surface area contributed by atoms with Gasteiger partial charge in [-0.05, 0) is 62.5 Å². The van der Waals surface area contributed by atoms with Crippen LogP contribution < -0.4 is 10.6 Å². The van der Waals surface area contributed by atoms with Crippen LogP contribution in [-0.2, 0) is 25.3 Å². The zero-order valence-corrected chi connectivity index (χ0v) is 18.4. The van der Waals surface area contributed by atoms with Gasteiger partial charge in [0.25, 0.3) is 11.6 Å². The van der Waals surface area contributed by atoms with Gasteiger partial charge in [-0.2, -0.15) is 13.2 Å². The Bertz CT molecular complexity index is 1040. The molecule has 12 heteroatoms. The number of alkyl halides is 3. The van der Waals surface area contributed by atoms with E-state index in [4.69, 9.17) is 4.74 Å². The highest BCUT2D eigenvalue weighted by atomic mass is 19.4. The van der Waals surface area contributed by atoms with E-state index in [2.05, 4.69) is 10.6 Å². The average molecular weight is 483 g/mol. The summed E-state index contributed by atoms with van der Waals surface area (Å²) in [4.78, 5) is 47.3. The molecular weight excluding hydrogens is 459 g/mol. The number of halogens is 3. The largest absolute Gasteiger partial charge is 0.455 e. The molecule has 34 heavy (non-hydrogen) atoms. The molecule has 2 amide bonds. The molecule has 4 saturated carbocycles. The summed E-state index contributed by atoms with van der Waals surface area (Å²) in [5.41, 5.74) is -3.85. The van der Waals surface area contributed by atoms with Gasteiger partial charge in [-0.3, -0.25) is 24.5 Å². The third kappa shape index (κ3) is 4.58. The standard InChI is InChI=1S/C22H24F3N3O6/c1-12(29)27-21-8-13-4-14(9-21)7-20(6-13,11-21)19(31)34-10-18(30)26-16-3-2-15(22(23,24)25)5-17(16)28(32)33/h2-3,5,13-14H,4,6-11H2,1H3,(H,26,30)(H,27,29)/t13-,14-,20?,21?/m0/s1. The SMILES string of the molecule is CC(=O)NC12C[C@H]3C[C@H](C1)CC(C(=O)OCC(=O)Nc1ccc(C(F)(F)F)cc1[N+](=O)[O-])(C3)C2. The number of nitro groups is 1. The lowest BCUT2D eigenvalue weighted by atomic mass is 9.47. The number of benzene rings is 1. The van der Waals surface area contributed by atoms with Crippen LogP contribution in [0.25, 0.3) is 0 Å². The zero-order valence-electron chi connectivity index (χ0n) is 18.4. The molecule has 0 radical (unpaired) electrons. The van der Waals surface area contributed by atoms with Crippen molar-refractivity contribution in [2.24, 2.45) is 17.3 Å². The van der Waals surface area contributed by atoms with E-state index in [1.54, 1.807) is 0 Å². The summed E-state index contributed by atoms with van der Waals surface area (Å²) >= 11 is 0. The third-order valence-corrected chi connectivity index (χ3v) is 7.07. The minimum absolute atomic E-state index is 0.164. The van der Waals surface area contributed by atoms with Gasteiger partial charge in [-0.1, -0.05) is 0 Å². The molecule has 184 valence electrons. The predicted octanol–water partition coefficient (Wildman–Crippen LogP) is 3.57. The van der Waals surface area contributed by atoms with Crippen LogP contribution in [0.5, 0.6) is 0 Å². The molecule has 4 aliphatic rings. The molecule has 0 aliphatic heterocycles.